The van der Waals surface area contributed by atoms with E-state index in [1.807, 2.05) is 4.72 Å². The molecule has 0 aliphatic rings. The van der Waals surface area contributed by atoms with Crippen LogP contribution >= 0.6 is 23.2 Å². The Hall–Kier alpha value is -1.97. The molecule has 110 valence electrons. The lowest BCUT2D eigenvalue weighted by molar-refractivity contribution is 0.0697. The van der Waals surface area contributed by atoms with Crippen molar-refractivity contribution in [3.05, 3.63) is 40.1 Å². The molecule has 0 saturated heterocycles. The Balaban J connectivity index is 2.51. The Morgan fingerprint density at radius 2 is 1.95 bits per heavy atom. The summed E-state index contributed by atoms with van der Waals surface area (Å²) in [7, 11) is -4.19. The van der Waals surface area contributed by atoms with Crippen molar-refractivity contribution in [1.82, 2.24) is 15.2 Å². The molecule has 2 N–H and O–H groups in total. The summed E-state index contributed by atoms with van der Waals surface area (Å²) in [5.41, 5.74) is -0.506. The van der Waals surface area contributed by atoms with Gasteiger partial charge in [-0.2, -0.15) is 5.10 Å². The minimum atomic E-state index is -4.19. The molecule has 1 heterocycles. The summed E-state index contributed by atoms with van der Waals surface area (Å²) >= 11 is 11.5. The van der Waals surface area contributed by atoms with Crippen LogP contribution in [0, 0.1) is 0 Å². The van der Waals surface area contributed by atoms with Crippen molar-refractivity contribution in [3.8, 4) is 0 Å². The molecule has 0 amide bonds. The zero-order valence-corrected chi connectivity index (χ0v) is 12.3. The summed E-state index contributed by atoms with van der Waals surface area (Å²) in [5.74, 6) is -1.72. The number of carboxylic acid groups (broad SMARTS) is 1. The van der Waals surface area contributed by atoms with Crippen LogP contribution in [-0.2, 0) is 10.0 Å². The fourth-order valence-electron chi connectivity index (χ4n) is 1.41. The van der Waals surface area contributed by atoms with Gasteiger partial charge in [0.25, 0.3) is 16.0 Å². The van der Waals surface area contributed by atoms with Crippen molar-refractivity contribution in [2.24, 2.45) is 0 Å². The van der Waals surface area contributed by atoms with Crippen molar-refractivity contribution >= 4 is 45.1 Å². The molecule has 11 heteroatoms. The maximum Gasteiger partial charge on any atom is 0.338 e. The first-order valence-electron chi connectivity index (χ1n) is 5.20. The lowest BCUT2D eigenvalue weighted by Crippen LogP contribution is -2.17. The number of anilines is 1. The molecule has 0 aliphatic heterocycles. The molecule has 0 atom stereocenters. The standard InChI is InChI=1S/C10H6Cl2N4O4S/c11-5-1-2-6(8(12)7(5)9(17)18)21(19,20)16-10-13-3-4-14-15-10/h1-4H,(H,17,18)(H,13,15,16). The van der Waals surface area contributed by atoms with Crippen LogP contribution in [0.4, 0.5) is 5.95 Å². The summed E-state index contributed by atoms with van der Waals surface area (Å²) in [6.07, 6.45) is 2.49. The molecule has 8 nitrogen and oxygen atoms in total. The first kappa shape index (κ1) is 15.4. The summed E-state index contributed by atoms with van der Waals surface area (Å²) in [4.78, 5) is 14.2. The molecule has 21 heavy (non-hydrogen) atoms. The number of hydrogen-bond donors (Lipinski definition) is 2. The Morgan fingerprint density at radius 1 is 1.24 bits per heavy atom. The van der Waals surface area contributed by atoms with Crippen LogP contribution in [0.15, 0.2) is 29.4 Å². The molecule has 0 bridgehead atoms. The molecule has 2 rings (SSSR count). The highest BCUT2D eigenvalue weighted by Gasteiger charge is 2.25. The largest absolute Gasteiger partial charge is 0.478 e. The highest BCUT2D eigenvalue weighted by atomic mass is 35.5. The normalized spacial score (nSPS) is 11.1. The van der Waals surface area contributed by atoms with E-state index in [9.17, 15) is 13.2 Å². The van der Waals surface area contributed by atoms with Gasteiger partial charge in [0, 0.05) is 0 Å². The molecule has 1 aromatic heterocycles. The van der Waals surface area contributed by atoms with E-state index in [0.29, 0.717) is 0 Å². The highest BCUT2D eigenvalue weighted by Crippen LogP contribution is 2.31. The number of benzene rings is 1. The average molecular weight is 349 g/mol. The smallest absolute Gasteiger partial charge is 0.338 e. The second kappa shape index (κ2) is 5.80. The van der Waals surface area contributed by atoms with Crippen molar-refractivity contribution in [2.45, 2.75) is 4.90 Å². The average Bonchev–Trinajstić information content (AvgIpc) is 2.38. The van der Waals surface area contributed by atoms with Gasteiger partial charge in [0.05, 0.1) is 28.0 Å². The SMILES string of the molecule is O=C(O)c1c(Cl)ccc(S(=O)(=O)Nc2nccnn2)c1Cl. The van der Waals surface area contributed by atoms with Crippen LogP contribution in [0.3, 0.4) is 0 Å². The van der Waals surface area contributed by atoms with E-state index in [4.69, 9.17) is 28.3 Å². The van der Waals surface area contributed by atoms with Gasteiger partial charge < -0.3 is 5.11 Å². The third kappa shape index (κ3) is 3.20. The molecule has 0 aliphatic carbocycles. The monoisotopic (exact) mass is 348 g/mol. The Bertz CT molecular complexity index is 798. The zero-order chi connectivity index (χ0) is 15.6. The van der Waals surface area contributed by atoms with E-state index in [2.05, 4.69) is 15.2 Å². The van der Waals surface area contributed by atoms with Crippen molar-refractivity contribution in [2.75, 3.05) is 4.72 Å². The molecule has 0 radical (unpaired) electrons. The van der Waals surface area contributed by atoms with Gasteiger partial charge in [-0.3, -0.25) is 0 Å². The first-order chi connectivity index (χ1) is 9.83. The summed E-state index contributed by atoms with van der Waals surface area (Å²) in [5, 5.41) is 15.2. The fourth-order valence-corrected chi connectivity index (χ4v) is 3.27. The Kier molecular flexibility index (Phi) is 4.26. The predicted molar refractivity (Wildman–Crippen MR) is 74.1 cm³/mol. The predicted octanol–water partition coefficient (Wildman–Crippen LogP) is 1.68. The maximum absolute atomic E-state index is 12.2. The second-order valence-electron chi connectivity index (χ2n) is 3.61. The lowest BCUT2D eigenvalue weighted by atomic mass is 10.2. The molecule has 0 saturated carbocycles. The number of nitrogens with one attached hydrogen (secondary N) is 1. The second-order valence-corrected chi connectivity index (χ2v) is 6.05. The van der Waals surface area contributed by atoms with Gasteiger partial charge in [0.2, 0.25) is 0 Å². The van der Waals surface area contributed by atoms with Crippen LogP contribution < -0.4 is 4.72 Å². The third-order valence-corrected chi connectivity index (χ3v) is 4.46. The van der Waals surface area contributed by atoms with Crippen LogP contribution in [-0.4, -0.2) is 34.7 Å². The van der Waals surface area contributed by atoms with E-state index in [-0.39, 0.29) is 11.0 Å². The molecule has 0 fully saturated rings. The Morgan fingerprint density at radius 3 is 2.52 bits per heavy atom. The number of sulfonamides is 1. The van der Waals surface area contributed by atoms with Gasteiger partial charge in [-0.1, -0.05) is 23.2 Å². The van der Waals surface area contributed by atoms with Gasteiger partial charge in [-0.05, 0) is 12.1 Å². The molecule has 0 spiro atoms. The maximum atomic E-state index is 12.2. The van der Waals surface area contributed by atoms with Crippen molar-refractivity contribution < 1.29 is 18.3 Å². The van der Waals surface area contributed by atoms with Gasteiger partial charge in [-0.15, -0.1) is 5.10 Å². The molecule has 2 aromatic rings. The minimum Gasteiger partial charge on any atom is -0.478 e. The molecule has 0 unspecified atom stereocenters. The van der Waals surface area contributed by atoms with E-state index in [0.717, 1.165) is 12.1 Å². The number of halogens is 2. The third-order valence-electron chi connectivity index (χ3n) is 2.27. The van der Waals surface area contributed by atoms with E-state index >= 15 is 0 Å². The van der Waals surface area contributed by atoms with Gasteiger partial charge in [0.1, 0.15) is 4.90 Å². The van der Waals surface area contributed by atoms with E-state index in [1.54, 1.807) is 0 Å². The fraction of sp³-hybridized carbons (Fsp3) is 0. The van der Waals surface area contributed by atoms with Gasteiger partial charge in [-0.25, -0.2) is 22.9 Å². The number of aromatic carboxylic acids is 1. The quantitative estimate of drug-likeness (QED) is 0.861. The first-order valence-corrected chi connectivity index (χ1v) is 7.44. The number of carbonyl (C=O) groups is 1. The minimum absolute atomic E-state index is 0.177. The van der Waals surface area contributed by atoms with Crippen LogP contribution in [0.1, 0.15) is 10.4 Å². The van der Waals surface area contributed by atoms with E-state index < -0.39 is 31.5 Å². The topological polar surface area (TPSA) is 122 Å². The van der Waals surface area contributed by atoms with Crippen LogP contribution in [0.5, 0.6) is 0 Å². The lowest BCUT2D eigenvalue weighted by Gasteiger charge is -2.10. The number of nitrogens with zero attached hydrogens (tertiary/aromatic N) is 3. The van der Waals surface area contributed by atoms with Crippen LogP contribution in [0.2, 0.25) is 10.0 Å². The number of rotatable bonds is 4. The highest BCUT2D eigenvalue weighted by molar-refractivity contribution is 7.92. The molecular weight excluding hydrogens is 343 g/mol. The van der Waals surface area contributed by atoms with Crippen LogP contribution in [0.25, 0.3) is 0 Å². The Labute approximate surface area is 128 Å². The van der Waals surface area contributed by atoms with E-state index in [1.165, 1.54) is 12.4 Å². The number of hydrogen-bond acceptors (Lipinski definition) is 6. The van der Waals surface area contributed by atoms with Crippen molar-refractivity contribution in [3.63, 3.8) is 0 Å². The summed E-state index contributed by atoms with van der Waals surface area (Å²) in [6.45, 7) is 0. The molecular formula is C10H6Cl2N4O4S. The van der Waals surface area contributed by atoms with Gasteiger partial charge >= 0.3 is 5.97 Å². The summed E-state index contributed by atoms with van der Waals surface area (Å²) in [6, 6.07) is 2.20. The molecule has 1 aromatic carbocycles. The number of carboxylic acids is 1. The zero-order valence-electron chi connectivity index (χ0n) is 9.99. The summed E-state index contributed by atoms with van der Waals surface area (Å²) < 4.78 is 26.4. The number of aromatic nitrogens is 3. The van der Waals surface area contributed by atoms with Gasteiger partial charge in [0.15, 0.2) is 0 Å². The van der Waals surface area contributed by atoms with Crippen molar-refractivity contribution in [1.29, 1.82) is 0 Å².